The van der Waals surface area contributed by atoms with E-state index in [0.29, 0.717) is 11.3 Å². The number of nitrogens with one attached hydrogen (secondary N) is 1. The van der Waals surface area contributed by atoms with Crippen LogP contribution in [0.1, 0.15) is 27.0 Å². The monoisotopic (exact) mass is 283 g/mol. The number of hydrogen-bond acceptors (Lipinski definition) is 3. The van der Waals surface area contributed by atoms with E-state index in [-0.39, 0.29) is 16.8 Å². The molecule has 106 valence electrons. The van der Waals surface area contributed by atoms with Gasteiger partial charge >= 0.3 is 0 Å². The summed E-state index contributed by atoms with van der Waals surface area (Å²) in [6.07, 6.45) is 0. The first-order chi connectivity index (χ1) is 9.92. The van der Waals surface area contributed by atoms with Crippen molar-refractivity contribution >= 4 is 17.3 Å². The van der Waals surface area contributed by atoms with Crippen LogP contribution < -0.4 is 11.1 Å². The minimum absolute atomic E-state index is 0.150. The lowest BCUT2D eigenvalue weighted by Gasteiger charge is -2.10. The topological polar surface area (TPSA) is 78.9 Å². The van der Waals surface area contributed by atoms with Crippen molar-refractivity contribution in [3.8, 4) is 6.07 Å². The van der Waals surface area contributed by atoms with Crippen molar-refractivity contribution in [3.63, 3.8) is 0 Å². The second kappa shape index (κ2) is 5.63. The fourth-order valence-corrected chi connectivity index (χ4v) is 1.85. The molecule has 0 heterocycles. The van der Waals surface area contributed by atoms with Crippen LogP contribution in [0.25, 0.3) is 0 Å². The van der Waals surface area contributed by atoms with Crippen LogP contribution in [0.15, 0.2) is 30.3 Å². The fraction of sp³-hybridized carbons (Fsp3) is 0.125. The van der Waals surface area contributed by atoms with Gasteiger partial charge in [0.25, 0.3) is 5.91 Å². The van der Waals surface area contributed by atoms with Gasteiger partial charge in [-0.05, 0) is 43.7 Å². The van der Waals surface area contributed by atoms with Gasteiger partial charge in [0.05, 0.1) is 11.6 Å². The molecule has 21 heavy (non-hydrogen) atoms. The lowest BCUT2D eigenvalue weighted by atomic mass is 10.1. The van der Waals surface area contributed by atoms with Gasteiger partial charge in [0.1, 0.15) is 5.82 Å². The molecule has 0 radical (unpaired) electrons. The number of anilines is 2. The molecule has 0 bridgehead atoms. The van der Waals surface area contributed by atoms with E-state index in [1.54, 1.807) is 18.2 Å². The Hall–Kier alpha value is -2.87. The van der Waals surface area contributed by atoms with Crippen molar-refractivity contribution in [2.45, 2.75) is 13.8 Å². The molecule has 0 saturated carbocycles. The average Bonchev–Trinajstić information content (AvgIpc) is 2.46. The summed E-state index contributed by atoms with van der Waals surface area (Å²) in [5.74, 6) is -0.938. The first kappa shape index (κ1) is 14.5. The number of carbonyl (C=O) groups is 1. The molecule has 1 amide bonds. The van der Waals surface area contributed by atoms with Crippen LogP contribution in [0.4, 0.5) is 15.8 Å². The van der Waals surface area contributed by atoms with Crippen LogP contribution in [0, 0.1) is 31.0 Å². The molecule has 5 heteroatoms. The molecule has 0 aliphatic rings. The summed E-state index contributed by atoms with van der Waals surface area (Å²) in [7, 11) is 0. The normalized spacial score (nSPS) is 10.0. The highest BCUT2D eigenvalue weighted by molar-refractivity contribution is 6.05. The molecule has 3 N–H and O–H groups in total. The average molecular weight is 283 g/mol. The van der Waals surface area contributed by atoms with Gasteiger partial charge in [0.15, 0.2) is 0 Å². The highest BCUT2D eigenvalue weighted by Gasteiger charge is 2.12. The number of hydrogen-bond donors (Lipinski definition) is 2. The van der Waals surface area contributed by atoms with Crippen LogP contribution in [-0.2, 0) is 0 Å². The Kier molecular flexibility index (Phi) is 3.90. The minimum atomic E-state index is -0.534. The van der Waals surface area contributed by atoms with Gasteiger partial charge in [-0.3, -0.25) is 4.79 Å². The third kappa shape index (κ3) is 3.00. The molecule has 0 fully saturated rings. The number of nitrogens with zero attached hydrogens (tertiary/aromatic N) is 1. The SMILES string of the molecule is Cc1ccc(C(=O)Nc2cc(C#N)cc(F)c2C)cc1N. The smallest absolute Gasteiger partial charge is 0.255 e. The minimum Gasteiger partial charge on any atom is -0.398 e. The van der Waals surface area contributed by atoms with Crippen LogP contribution in [0.3, 0.4) is 0 Å². The predicted octanol–water partition coefficient (Wildman–Crippen LogP) is 3.15. The van der Waals surface area contributed by atoms with E-state index in [1.807, 2.05) is 13.0 Å². The van der Waals surface area contributed by atoms with Crippen LogP contribution >= 0.6 is 0 Å². The molecule has 2 aromatic carbocycles. The molecule has 0 unspecified atom stereocenters. The highest BCUT2D eigenvalue weighted by atomic mass is 19.1. The van der Waals surface area contributed by atoms with E-state index in [0.717, 1.165) is 11.6 Å². The zero-order valence-corrected chi connectivity index (χ0v) is 11.7. The van der Waals surface area contributed by atoms with Crippen molar-refractivity contribution < 1.29 is 9.18 Å². The molecule has 0 aliphatic heterocycles. The molecule has 0 saturated heterocycles. The van der Waals surface area contributed by atoms with Gasteiger partial charge in [-0.25, -0.2) is 4.39 Å². The summed E-state index contributed by atoms with van der Waals surface area (Å²) >= 11 is 0. The summed E-state index contributed by atoms with van der Waals surface area (Å²) in [6, 6.07) is 9.37. The maximum Gasteiger partial charge on any atom is 0.255 e. The molecule has 0 aromatic heterocycles. The number of amides is 1. The summed E-state index contributed by atoms with van der Waals surface area (Å²) < 4.78 is 13.7. The van der Waals surface area contributed by atoms with Crippen molar-refractivity contribution in [1.29, 1.82) is 5.26 Å². The van der Waals surface area contributed by atoms with Crippen LogP contribution in [0.2, 0.25) is 0 Å². The van der Waals surface area contributed by atoms with E-state index in [2.05, 4.69) is 5.32 Å². The lowest BCUT2D eigenvalue weighted by Crippen LogP contribution is -2.14. The number of nitrogens with two attached hydrogens (primary N) is 1. The Bertz CT molecular complexity index is 763. The molecule has 2 rings (SSSR count). The Morgan fingerprint density at radius 3 is 2.62 bits per heavy atom. The van der Waals surface area contributed by atoms with Crippen molar-refractivity contribution in [2.75, 3.05) is 11.1 Å². The molecular weight excluding hydrogens is 269 g/mol. The summed E-state index contributed by atoms with van der Waals surface area (Å²) in [5, 5.41) is 11.5. The van der Waals surface area contributed by atoms with Gasteiger partial charge < -0.3 is 11.1 Å². The zero-order valence-electron chi connectivity index (χ0n) is 11.7. The van der Waals surface area contributed by atoms with Gasteiger partial charge in [0.2, 0.25) is 0 Å². The van der Waals surface area contributed by atoms with E-state index in [1.165, 1.54) is 13.0 Å². The number of carbonyl (C=O) groups excluding carboxylic acids is 1. The van der Waals surface area contributed by atoms with Crippen LogP contribution in [-0.4, -0.2) is 5.91 Å². The molecule has 0 aliphatic carbocycles. The highest BCUT2D eigenvalue weighted by Crippen LogP contribution is 2.22. The quantitative estimate of drug-likeness (QED) is 0.831. The van der Waals surface area contributed by atoms with Gasteiger partial charge in [-0.2, -0.15) is 5.26 Å². The number of nitriles is 1. The second-order valence-electron chi connectivity index (χ2n) is 4.77. The third-order valence-electron chi connectivity index (χ3n) is 3.26. The number of rotatable bonds is 2. The first-order valence-corrected chi connectivity index (χ1v) is 6.30. The standard InChI is InChI=1S/C16H14FN3O/c1-9-3-4-12(7-14(9)19)16(21)20-15-6-11(8-18)5-13(17)10(15)2/h3-7H,19H2,1-2H3,(H,20,21). The number of nitrogen functional groups attached to an aromatic ring is 1. The Morgan fingerprint density at radius 2 is 2.00 bits per heavy atom. The van der Waals surface area contributed by atoms with Crippen LogP contribution in [0.5, 0.6) is 0 Å². The molecular formula is C16H14FN3O. The van der Waals surface area contributed by atoms with Gasteiger partial charge in [0, 0.05) is 22.5 Å². The summed E-state index contributed by atoms with van der Waals surface area (Å²) in [4.78, 5) is 12.2. The van der Waals surface area contributed by atoms with E-state index in [9.17, 15) is 9.18 Å². The number of benzene rings is 2. The largest absolute Gasteiger partial charge is 0.398 e. The summed E-state index contributed by atoms with van der Waals surface area (Å²) in [5.41, 5.74) is 8.23. The van der Waals surface area contributed by atoms with Gasteiger partial charge in [-0.1, -0.05) is 6.07 Å². The Morgan fingerprint density at radius 1 is 1.29 bits per heavy atom. The fourth-order valence-electron chi connectivity index (χ4n) is 1.85. The third-order valence-corrected chi connectivity index (χ3v) is 3.26. The van der Waals surface area contributed by atoms with Crippen molar-refractivity contribution in [3.05, 3.63) is 58.4 Å². The Balaban J connectivity index is 2.33. The van der Waals surface area contributed by atoms with Crippen molar-refractivity contribution in [1.82, 2.24) is 0 Å². The molecule has 0 spiro atoms. The predicted molar refractivity (Wildman–Crippen MR) is 79.4 cm³/mol. The molecule has 4 nitrogen and oxygen atoms in total. The second-order valence-corrected chi connectivity index (χ2v) is 4.77. The van der Waals surface area contributed by atoms with Gasteiger partial charge in [-0.15, -0.1) is 0 Å². The summed E-state index contributed by atoms with van der Waals surface area (Å²) in [6.45, 7) is 3.38. The first-order valence-electron chi connectivity index (χ1n) is 6.30. The number of halogens is 1. The van der Waals surface area contributed by atoms with Crippen molar-refractivity contribution in [2.24, 2.45) is 0 Å². The number of aryl methyl sites for hydroxylation is 1. The maximum absolute atomic E-state index is 13.7. The maximum atomic E-state index is 13.7. The van der Waals surface area contributed by atoms with E-state index < -0.39 is 11.7 Å². The van der Waals surface area contributed by atoms with E-state index >= 15 is 0 Å². The lowest BCUT2D eigenvalue weighted by molar-refractivity contribution is 0.102. The Labute approximate surface area is 122 Å². The molecule has 2 aromatic rings. The zero-order chi connectivity index (χ0) is 15.6. The van der Waals surface area contributed by atoms with E-state index in [4.69, 9.17) is 11.0 Å². The molecule has 0 atom stereocenters.